The zero-order chi connectivity index (χ0) is 23.0. The SMILES string of the molecule is CCC(=O)N1CC=C(c2coc3c(O[C@H](C)c4c(Cl)ccc(F)c4Cl)c(N)ncc23)CC1. The van der Waals surface area contributed by atoms with Crippen LogP contribution in [0.3, 0.4) is 0 Å². The van der Waals surface area contributed by atoms with E-state index in [1.807, 2.05) is 17.9 Å². The van der Waals surface area contributed by atoms with E-state index in [1.54, 1.807) is 19.4 Å². The molecule has 1 aliphatic heterocycles. The van der Waals surface area contributed by atoms with Crippen LogP contribution in [0.1, 0.15) is 43.9 Å². The number of furan rings is 1. The maximum absolute atomic E-state index is 14.0. The van der Waals surface area contributed by atoms with Crippen LogP contribution in [0.15, 0.2) is 35.1 Å². The van der Waals surface area contributed by atoms with Gasteiger partial charge < -0.3 is 19.8 Å². The number of amides is 1. The highest BCUT2D eigenvalue weighted by molar-refractivity contribution is 6.36. The summed E-state index contributed by atoms with van der Waals surface area (Å²) in [7, 11) is 0. The van der Waals surface area contributed by atoms with Crippen LogP contribution in [-0.2, 0) is 4.79 Å². The van der Waals surface area contributed by atoms with E-state index in [2.05, 4.69) is 4.98 Å². The summed E-state index contributed by atoms with van der Waals surface area (Å²) >= 11 is 12.4. The van der Waals surface area contributed by atoms with Gasteiger partial charge in [0.15, 0.2) is 11.4 Å². The maximum atomic E-state index is 14.0. The summed E-state index contributed by atoms with van der Waals surface area (Å²) in [4.78, 5) is 18.0. The van der Waals surface area contributed by atoms with Gasteiger partial charge in [0.1, 0.15) is 11.9 Å². The van der Waals surface area contributed by atoms with Crippen LogP contribution < -0.4 is 10.5 Å². The highest BCUT2D eigenvalue weighted by atomic mass is 35.5. The number of carbonyl (C=O) groups excluding carboxylic acids is 1. The first-order chi connectivity index (χ1) is 15.3. The molecular weight excluding hydrogens is 456 g/mol. The molecule has 0 aliphatic carbocycles. The number of aromatic nitrogens is 1. The van der Waals surface area contributed by atoms with Crippen molar-refractivity contribution in [3.05, 3.63) is 57.7 Å². The normalized spacial score (nSPS) is 15.0. The summed E-state index contributed by atoms with van der Waals surface area (Å²) in [5, 5.41) is 0.906. The van der Waals surface area contributed by atoms with Gasteiger partial charge in [-0.1, -0.05) is 36.2 Å². The largest absolute Gasteiger partial charge is 0.478 e. The Bertz CT molecular complexity index is 1220. The van der Waals surface area contributed by atoms with Crippen molar-refractivity contribution in [1.29, 1.82) is 0 Å². The third-order valence-electron chi connectivity index (χ3n) is 5.59. The molecule has 2 N–H and O–H groups in total. The van der Waals surface area contributed by atoms with Crippen molar-refractivity contribution in [2.45, 2.75) is 32.8 Å². The van der Waals surface area contributed by atoms with Gasteiger partial charge in [-0.25, -0.2) is 9.37 Å². The molecule has 0 fully saturated rings. The number of hydrogen-bond acceptors (Lipinski definition) is 5. The van der Waals surface area contributed by atoms with E-state index in [-0.39, 0.29) is 27.5 Å². The molecule has 6 nitrogen and oxygen atoms in total. The first-order valence-corrected chi connectivity index (χ1v) is 11.0. The Morgan fingerprint density at radius 3 is 2.88 bits per heavy atom. The number of ether oxygens (including phenoxy) is 1. The molecule has 0 radical (unpaired) electrons. The fraction of sp³-hybridized carbons (Fsp3) is 0.304. The van der Waals surface area contributed by atoms with E-state index in [0.717, 1.165) is 16.5 Å². The Labute approximate surface area is 194 Å². The molecule has 0 spiro atoms. The zero-order valence-corrected chi connectivity index (χ0v) is 19.1. The molecule has 1 amide bonds. The molecule has 4 rings (SSSR count). The molecule has 1 atom stereocenters. The van der Waals surface area contributed by atoms with Gasteiger partial charge in [0.25, 0.3) is 0 Å². The lowest BCUT2D eigenvalue weighted by molar-refractivity contribution is -0.130. The summed E-state index contributed by atoms with van der Waals surface area (Å²) in [6.45, 7) is 4.74. The minimum Gasteiger partial charge on any atom is -0.478 e. The Kier molecular flexibility index (Phi) is 6.31. The number of anilines is 1. The highest BCUT2D eigenvalue weighted by Crippen LogP contribution is 2.41. The molecule has 3 heterocycles. The Hall–Kier alpha value is -2.77. The second kappa shape index (κ2) is 9.00. The Balaban J connectivity index is 1.67. The van der Waals surface area contributed by atoms with Crippen LogP contribution in [0.4, 0.5) is 10.2 Å². The van der Waals surface area contributed by atoms with Gasteiger partial charge in [0, 0.05) is 41.9 Å². The van der Waals surface area contributed by atoms with E-state index >= 15 is 0 Å². The number of carbonyl (C=O) groups is 1. The maximum Gasteiger partial charge on any atom is 0.222 e. The predicted molar refractivity (Wildman–Crippen MR) is 123 cm³/mol. The highest BCUT2D eigenvalue weighted by Gasteiger charge is 2.24. The quantitative estimate of drug-likeness (QED) is 0.454. The number of pyridine rings is 1. The van der Waals surface area contributed by atoms with Crippen LogP contribution in [-0.4, -0.2) is 28.9 Å². The minimum absolute atomic E-state index is 0.109. The van der Waals surface area contributed by atoms with E-state index in [4.69, 9.17) is 38.1 Å². The van der Waals surface area contributed by atoms with Gasteiger partial charge in [-0.05, 0) is 31.1 Å². The second-order valence-electron chi connectivity index (χ2n) is 7.55. The molecule has 0 bridgehead atoms. The number of nitrogen functional groups attached to an aromatic ring is 1. The van der Waals surface area contributed by atoms with Crippen molar-refractivity contribution in [3.8, 4) is 5.75 Å². The zero-order valence-electron chi connectivity index (χ0n) is 17.6. The van der Waals surface area contributed by atoms with Crippen molar-refractivity contribution >= 4 is 51.5 Å². The van der Waals surface area contributed by atoms with E-state index in [1.165, 1.54) is 12.1 Å². The molecule has 9 heteroatoms. The van der Waals surface area contributed by atoms with Crippen molar-refractivity contribution in [2.24, 2.45) is 0 Å². The van der Waals surface area contributed by atoms with Gasteiger partial charge in [0.05, 0.1) is 16.7 Å². The molecule has 1 aromatic carbocycles. The van der Waals surface area contributed by atoms with Gasteiger partial charge in [-0.3, -0.25) is 4.79 Å². The van der Waals surface area contributed by atoms with Crippen molar-refractivity contribution < 1.29 is 18.3 Å². The third kappa shape index (κ3) is 4.02. The number of fused-ring (bicyclic) bond motifs is 1. The first-order valence-electron chi connectivity index (χ1n) is 10.2. The Morgan fingerprint density at radius 2 is 2.19 bits per heavy atom. The lowest BCUT2D eigenvalue weighted by Crippen LogP contribution is -2.34. The number of nitrogens with zero attached hydrogens (tertiary/aromatic N) is 2. The van der Waals surface area contributed by atoms with Gasteiger partial charge in [0.2, 0.25) is 11.7 Å². The fourth-order valence-corrected chi connectivity index (χ4v) is 4.54. The lowest BCUT2D eigenvalue weighted by Gasteiger charge is -2.26. The third-order valence-corrected chi connectivity index (χ3v) is 6.31. The molecule has 0 saturated heterocycles. The van der Waals surface area contributed by atoms with Crippen molar-refractivity contribution in [2.75, 3.05) is 18.8 Å². The van der Waals surface area contributed by atoms with Gasteiger partial charge >= 0.3 is 0 Å². The summed E-state index contributed by atoms with van der Waals surface area (Å²) < 4.78 is 25.8. The van der Waals surface area contributed by atoms with Crippen LogP contribution in [0.2, 0.25) is 10.0 Å². The lowest BCUT2D eigenvalue weighted by atomic mass is 9.99. The Morgan fingerprint density at radius 1 is 1.41 bits per heavy atom. The predicted octanol–water partition coefficient (Wildman–Crippen LogP) is 6.02. The van der Waals surface area contributed by atoms with E-state index in [0.29, 0.717) is 37.1 Å². The second-order valence-corrected chi connectivity index (χ2v) is 8.34. The molecule has 0 saturated carbocycles. The topological polar surface area (TPSA) is 81.6 Å². The van der Waals surface area contributed by atoms with Crippen LogP contribution in [0, 0.1) is 5.82 Å². The molecule has 32 heavy (non-hydrogen) atoms. The van der Waals surface area contributed by atoms with Gasteiger partial charge in [-0.15, -0.1) is 0 Å². The first kappa shape index (κ1) is 22.4. The van der Waals surface area contributed by atoms with Gasteiger partial charge in [-0.2, -0.15) is 0 Å². The number of nitrogens with two attached hydrogens (primary N) is 1. The average molecular weight is 478 g/mol. The molecule has 0 unspecified atom stereocenters. The summed E-state index contributed by atoms with van der Waals surface area (Å²) in [5.41, 5.74) is 8.75. The number of halogens is 3. The molecule has 168 valence electrons. The average Bonchev–Trinajstić information content (AvgIpc) is 3.22. The van der Waals surface area contributed by atoms with E-state index < -0.39 is 11.9 Å². The fourth-order valence-electron chi connectivity index (χ4n) is 3.86. The van der Waals surface area contributed by atoms with Crippen molar-refractivity contribution in [3.63, 3.8) is 0 Å². The molecule has 1 aliphatic rings. The number of rotatable bonds is 5. The smallest absolute Gasteiger partial charge is 0.222 e. The summed E-state index contributed by atoms with van der Waals surface area (Å²) in [6.07, 6.45) is 5.76. The van der Waals surface area contributed by atoms with E-state index in [9.17, 15) is 9.18 Å². The molecule has 2 aromatic heterocycles. The number of hydrogen-bond donors (Lipinski definition) is 1. The molecular formula is C23H22Cl2FN3O3. The summed E-state index contributed by atoms with van der Waals surface area (Å²) in [6, 6.07) is 2.62. The standard InChI is InChI=1S/C23H22Cl2FN3O3/c1-3-18(30)29-8-6-13(7-9-29)15-11-31-21-14(15)10-28-23(27)22(21)32-12(2)19-16(24)4-5-17(26)20(19)25/h4-6,10-12H,3,7-9H2,1-2H3,(H2,27,28)/t12-/m1/s1. The van der Waals surface area contributed by atoms with Crippen LogP contribution in [0.25, 0.3) is 16.5 Å². The summed E-state index contributed by atoms with van der Waals surface area (Å²) in [5.74, 6) is -0.0971. The van der Waals surface area contributed by atoms with Crippen LogP contribution >= 0.6 is 23.2 Å². The molecule has 3 aromatic rings. The van der Waals surface area contributed by atoms with Crippen LogP contribution in [0.5, 0.6) is 5.75 Å². The van der Waals surface area contributed by atoms with Crippen molar-refractivity contribution in [1.82, 2.24) is 9.88 Å². The monoisotopic (exact) mass is 477 g/mol. The number of benzene rings is 1. The minimum atomic E-state index is -0.712.